The lowest BCUT2D eigenvalue weighted by atomic mass is 10.2. The normalized spacial score (nSPS) is 11.2. The van der Waals surface area contributed by atoms with Gasteiger partial charge in [-0.25, -0.2) is 4.98 Å². The van der Waals surface area contributed by atoms with Crippen LogP contribution in [-0.2, 0) is 22.5 Å². The number of carbonyl (C=O) groups excluding carboxylic acids is 1. The van der Waals surface area contributed by atoms with Crippen molar-refractivity contribution in [1.82, 2.24) is 4.98 Å². The molecule has 19 heavy (non-hydrogen) atoms. The highest BCUT2D eigenvalue weighted by Crippen LogP contribution is 2.28. The van der Waals surface area contributed by atoms with Gasteiger partial charge in [0, 0.05) is 12.6 Å². The van der Waals surface area contributed by atoms with Gasteiger partial charge in [0.1, 0.15) is 0 Å². The summed E-state index contributed by atoms with van der Waals surface area (Å²) in [7, 11) is 1.17. The van der Waals surface area contributed by atoms with Gasteiger partial charge in [-0.1, -0.05) is 0 Å². The molecule has 1 heterocycles. The van der Waals surface area contributed by atoms with Crippen LogP contribution in [-0.4, -0.2) is 24.4 Å². The van der Waals surface area contributed by atoms with E-state index in [1.54, 1.807) is 0 Å². The maximum absolute atomic E-state index is 12.1. The van der Waals surface area contributed by atoms with Crippen molar-refractivity contribution >= 4 is 11.7 Å². The van der Waals surface area contributed by atoms with Gasteiger partial charge in [-0.3, -0.25) is 4.79 Å². The van der Waals surface area contributed by atoms with Gasteiger partial charge in [0.15, 0.2) is 5.75 Å². The lowest BCUT2D eigenvalue weighted by Gasteiger charge is -2.14. The number of esters is 1. The van der Waals surface area contributed by atoms with Crippen molar-refractivity contribution in [2.75, 3.05) is 12.8 Å². The molecule has 0 unspecified atom stereocenters. The average Bonchev–Trinajstić information content (AvgIpc) is 2.30. The molecule has 106 valence electrons. The van der Waals surface area contributed by atoms with Gasteiger partial charge in [-0.05, 0) is 0 Å². The Kier molecular flexibility index (Phi) is 4.54. The fourth-order valence-corrected chi connectivity index (χ4v) is 1.30. The highest BCUT2D eigenvalue weighted by molar-refractivity contribution is 5.74. The molecule has 0 aromatic carbocycles. The molecule has 1 aromatic heterocycles. The van der Waals surface area contributed by atoms with Gasteiger partial charge in [-0.15, -0.1) is 13.2 Å². The molecule has 0 amide bonds. The Morgan fingerprint density at radius 3 is 2.53 bits per heavy atom. The van der Waals surface area contributed by atoms with Gasteiger partial charge < -0.3 is 20.9 Å². The molecule has 4 N–H and O–H groups in total. The van der Waals surface area contributed by atoms with Crippen molar-refractivity contribution in [3.8, 4) is 5.75 Å². The largest absolute Gasteiger partial charge is 0.573 e. The van der Waals surface area contributed by atoms with E-state index < -0.39 is 18.1 Å². The van der Waals surface area contributed by atoms with Crippen LogP contribution < -0.4 is 16.2 Å². The number of anilines is 1. The maximum Gasteiger partial charge on any atom is 0.573 e. The van der Waals surface area contributed by atoms with E-state index in [1.165, 1.54) is 7.11 Å². The molecular weight excluding hydrogens is 267 g/mol. The number of alkyl halides is 3. The molecule has 0 bridgehead atoms. The first-order valence-corrected chi connectivity index (χ1v) is 5.07. The fraction of sp³-hybridized carbons (Fsp3) is 0.400. The number of hydrogen-bond donors (Lipinski definition) is 2. The monoisotopic (exact) mass is 279 g/mol. The summed E-state index contributed by atoms with van der Waals surface area (Å²) in [6, 6.07) is 0.932. The third-order valence-corrected chi connectivity index (χ3v) is 2.13. The molecule has 1 aromatic rings. The van der Waals surface area contributed by atoms with Crippen LogP contribution in [0.3, 0.4) is 0 Å². The van der Waals surface area contributed by atoms with Crippen molar-refractivity contribution in [2.45, 2.75) is 19.3 Å². The number of rotatable bonds is 4. The molecular formula is C10H12F3N3O3. The molecule has 0 atom stereocenters. The first-order valence-electron chi connectivity index (χ1n) is 5.07. The highest BCUT2D eigenvalue weighted by atomic mass is 19.4. The van der Waals surface area contributed by atoms with E-state index in [1.807, 2.05) is 0 Å². The predicted molar refractivity (Wildman–Crippen MR) is 58.9 cm³/mol. The number of carbonyl (C=O) groups is 1. The SMILES string of the molecule is COC(=O)Cc1nc(CN)c(OC(F)(F)F)cc1N. The second-order valence-electron chi connectivity index (χ2n) is 3.47. The molecule has 9 heteroatoms. The van der Waals surface area contributed by atoms with E-state index in [0.717, 1.165) is 6.07 Å². The molecule has 1 rings (SSSR count). The zero-order valence-corrected chi connectivity index (χ0v) is 9.95. The minimum absolute atomic E-state index is 0.0850. The van der Waals surface area contributed by atoms with E-state index in [0.29, 0.717) is 0 Å². The van der Waals surface area contributed by atoms with Crippen LogP contribution in [0.25, 0.3) is 0 Å². The standard InChI is InChI=1S/C10H12F3N3O3/c1-18-9(17)3-6-5(15)2-8(7(4-14)16-6)19-10(11,12)13/h2H,3-4,14-15H2,1H3. The third-order valence-electron chi connectivity index (χ3n) is 2.13. The van der Waals surface area contributed by atoms with Crippen molar-refractivity contribution in [3.63, 3.8) is 0 Å². The zero-order valence-electron chi connectivity index (χ0n) is 9.95. The molecule has 0 radical (unpaired) electrons. The topological polar surface area (TPSA) is 100 Å². The Hall–Kier alpha value is -2.03. The van der Waals surface area contributed by atoms with E-state index in [-0.39, 0.29) is 30.0 Å². The van der Waals surface area contributed by atoms with Crippen molar-refractivity contribution in [2.24, 2.45) is 5.73 Å². The number of halogens is 3. The number of ether oxygens (including phenoxy) is 2. The van der Waals surface area contributed by atoms with Crippen LogP contribution >= 0.6 is 0 Å². The first kappa shape index (κ1) is 15.0. The molecule has 0 spiro atoms. The van der Waals surface area contributed by atoms with Crippen molar-refractivity contribution in [1.29, 1.82) is 0 Å². The van der Waals surface area contributed by atoms with E-state index >= 15 is 0 Å². The number of nitrogens with two attached hydrogens (primary N) is 2. The lowest BCUT2D eigenvalue weighted by Crippen LogP contribution is -2.20. The fourth-order valence-electron chi connectivity index (χ4n) is 1.30. The Morgan fingerprint density at radius 1 is 1.42 bits per heavy atom. The highest BCUT2D eigenvalue weighted by Gasteiger charge is 2.32. The van der Waals surface area contributed by atoms with Gasteiger partial charge in [0.05, 0.1) is 30.6 Å². The second-order valence-corrected chi connectivity index (χ2v) is 3.47. The summed E-state index contributed by atoms with van der Waals surface area (Å²) in [5.74, 6) is -1.20. The van der Waals surface area contributed by atoms with E-state index in [9.17, 15) is 18.0 Å². The smallest absolute Gasteiger partial charge is 0.469 e. The Bertz CT molecular complexity index is 477. The Balaban J connectivity index is 3.10. The van der Waals surface area contributed by atoms with Crippen LogP contribution in [0.2, 0.25) is 0 Å². The third kappa shape index (κ3) is 4.28. The minimum Gasteiger partial charge on any atom is -0.469 e. The Morgan fingerprint density at radius 2 is 2.05 bits per heavy atom. The summed E-state index contributed by atoms with van der Waals surface area (Å²) >= 11 is 0. The zero-order chi connectivity index (χ0) is 14.6. The van der Waals surface area contributed by atoms with E-state index in [2.05, 4.69) is 14.5 Å². The molecule has 0 aliphatic heterocycles. The number of pyridine rings is 1. The maximum atomic E-state index is 12.1. The van der Waals surface area contributed by atoms with Crippen LogP contribution in [0.1, 0.15) is 11.4 Å². The summed E-state index contributed by atoms with van der Waals surface area (Å²) in [4.78, 5) is 14.9. The number of nitrogens with zero attached hydrogens (tertiary/aromatic N) is 1. The molecule has 0 saturated heterocycles. The van der Waals surface area contributed by atoms with Crippen molar-refractivity contribution in [3.05, 3.63) is 17.5 Å². The van der Waals surface area contributed by atoms with Crippen LogP contribution in [0.5, 0.6) is 5.75 Å². The van der Waals surface area contributed by atoms with Crippen LogP contribution in [0.4, 0.5) is 18.9 Å². The molecule has 0 aliphatic rings. The summed E-state index contributed by atoms with van der Waals surface area (Å²) in [5.41, 5.74) is 10.6. The quantitative estimate of drug-likeness (QED) is 0.788. The minimum atomic E-state index is -4.87. The Labute approximate surface area is 106 Å². The number of aromatic nitrogens is 1. The van der Waals surface area contributed by atoms with E-state index in [4.69, 9.17) is 11.5 Å². The molecule has 0 fully saturated rings. The number of methoxy groups -OCH3 is 1. The number of nitrogen functional groups attached to an aromatic ring is 1. The summed E-state index contributed by atoms with van der Waals surface area (Å²) in [6.45, 7) is -0.292. The van der Waals surface area contributed by atoms with Gasteiger partial charge in [0.2, 0.25) is 0 Å². The number of hydrogen-bond acceptors (Lipinski definition) is 6. The van der Waals surface area contributed by atoms with Gasteiger partial charge in [-0.2, -0.15) is 0 Å². The molecule has 6 nitrogen and oxygen atoms in total. The van der Waals surface area contributed by atoms with Crippen LogP contribution in [0, 0.1) is 0 Å². The van der Waals surface area contributed by atoms with Crippen LogP contribution in [0.15, 0.2) is 6.07 Å². The average molecular weight is 279 g/mol. The predicted octanol–water partition coefficient (Wildman–Crippen LogP) is 0.737. The summed E-state index contributed by atoms with van der Waals surface area (Å²) < 4.78 is 44.6. The first-order chi connectivity index (χ1) is 8.76. The van der Waals surface area contributed by atoms with Crippen molar-refractivity contribution < 1.29 is 27.4 Å². The van der Waals surface area contributed by atoms with Gasteiger partial charge >= 0.3 is 12.3 Å². The molecule has 0 aliphatic carbocycles. The van der Waals surface area contributed by atoms with Gasteiger partial charge in [0.25, 0.3) is 0 Å². The summed E-state index contributed by atoms with van der Waals surface area (Å²) in [6.07, 6.45) is -5.14. The summed E-state index contributed by atoms with van der Waals surface area (Å²) in [5, 5.41) is 0. The second kappa shape index (κ2) is 5.74. The lowest BCUT2D eigenvalue weighted by molar-refractivity contribution is -0.275. The molecule has 0 saturated carbocycles.